The number of carbonyl (C=O) groups excluding carboxylic acids is 1. The van der Waals surface area contributed by atoms with E-state index < -0.39 is 0 Å². The molecular formula is C6H12INO3. The Morgan fingerprint density at radius 3 is 2.73 bits per heavy atom. The molecule has 0 radical (unpaired) electrons. The molecule has 0 aliphatic carbocycles. The third kappa shape index (κ3) is 5.40. The summed E-state index contributed by atoms with van der Waals surface area (Å²) >= 11 is 1.69. The van der Waals surface area contributed by atoms with Crippen molar-refractivity contribution in [2.45, 2.75) is 0 Å². The van der Waals surface area contributed by atoms with Gasteiger partial charge in [0.1, 0.15) is 29.6 Å². The Balaban J connectivity index is 3.46. The van der Waals surface area contributed by atoms with Crippen LogP contribution in [-0.4, -0.2) is 44.7 Å². The maximum atomic E-state index is 11.0. The van der Waals surface area contributed by atoms with Gasteiger partial charge in [-0.2, -0.15) is 0 Å². The molecule has 5 heteroatoms. The number of nitrogens with zero attached hydrogens (tertiary/aromatic N) is 1. The molecule has 1 amide bonds. The molecule has 4 nitrogen and oxygen atoms in total. The Labute approximate surface area is 80.5 Å². The summed E-state index contributed by atoms with van der Waals surface area (Å²) in [6, 6.07) is 0. The highest BCUT2D eigenvalue weighted by molar-refractivity contribution is 14.1. The fourth-order valence-electron chi connectivity index (χ4n) is 0.510. The molecule has 0 saturated carbocycles. The number of ether oxygens (including phenoxy) is 1. The van der Waals surface area contributed by atoms with Gasteiger partial charge in [-0.15, -0.1) is 0 Å². The van der Waals surface area contributed by atoms with Gasteiger partial charge in [0.25, 0.3) is 0 Å². The average Bonchev–Trinajstić information content (AvgIpc) is 2.00. The molecule has 0 heterocycles. The summed E-state index contributed by atoms with van der Waals surface area (Å²) in [5.74, 6) is -0.0311. The van der Waals surface area contributed by atoms with Crippen molar-refractivity contribution >= 4 is 28.9 Å². The van der Waals surface area contributed by atoms with Crippen LogP contribution in [0.15, 0.2) is 0 Å². The van der Waals surface area contributed by atoms with Crippen molar-refractivity contribution in [2.75, 3.05) is 33.9 Å². The Morgan fingerprint density at radius 1 is 1.64 bits per heavy atom. The summed E-state index contributed by atoms with van der Waals surface area (Å²) in [6.45, 7) is 1.29. The van der Waals surface area contributed by atoms with Crippen molar-refractivity contribution in [3.63, 3.8) is 0 Å². The summed E-state index contributed by atoms with van der Waals surface area (Å²) in [7, 11) is 3.32. The fourth-order valence-corrected chi connectivity index (χ4v) is 0.776. The van der Waals surface area contributed by atoms with E-state index >= 15 is 0 Å². The Hall–Kier alpha value is 0.120. The van der Waals surface area contributed by atoms with Gasteiger partial charge < -0.3 is 12.7 Å². The van der Waals surface area contributed by atoms with Gasteiger partial charge in [0.15, 0.2) is 0 Å². The van der Waals surface area contributed by atoms with Gasteiger partial charge in [-0.25, -0.2) is 0 Å². The highest BCUT2D eigenvalue weighted by Crippen LogP contribution is 1.90. The molecule has 0 aromatic rings. The van der Waals surface area contributed by atoms with Gasteiger partial charge in [-0.1, -0.05) is 0 Å². The third-order valence-electron chi connectivity index (χ3n) is 1.23. The van der Waals surface area contributed by atoms with E-state index in [0.29, 0.717) is 13.2 Å². The molecule has 0 atom stereocenters. The standard InChI is InChI=1S/C6H12INO3/c1-8(3-4-10-2)6(9)5-11-7/h3-5H2,1-2H3. The Kier molecular flexibility index (Phi) is 6.88. The average molecular weight is 273 g/mol. The minimum atomic E-state index is -0.0311. The highest BCUT2D eigenvalue weighted by atomic mass is 127. The zero-order chi connectivity index (χ0) is 8.69. The van der Waals surface area contributed by atoms with Crippen LogP contribution >= 0.6 is 23.0 Å². The summed E-state index contributed by atoms with van der Waals surface area (Å²) in [6.07, 6.45) is 0. The van der Waals surface area contributed by atoms with Gasteiger partial charge in [0.2, 0.25) is 5.91 Å². The molecule has 0 N–H and O–H groups in total. The maximum Gasteiger partial charge on any atom is 0.249 e. The zero-order valence-corrected chi connectivity index (χ0v) is 8.83. The summed E-state index contributed by atoms with van der Waals surface area (Å²) in [5, 5.41) is 0. The van der Waals surface area contributed by atoms with Crippen molar-refractivity contribution in [3.8, 4) is 0 Å². The molecule has 0 unspecified atom stereocenters. The number of hydrogen-bond acceptors (Lipinski definition) is 3. The van der Waals surface area contributed by atoms with Crippen LogP contribution < -0.4 is 0 Å². The van der Waals surface area contributed by atoms with Crippen LogP contribution in [0.3, 0.4) is 0 Å². The first kappa shape index (κ1) is 11.1. The first-order valence-electron chi connectivity index (χ1n) is 3.18. The van der Waals surface area contributed by atoms with Crippen LogP contribution in [-0.2, 0) is 12.6 Å². The number of likely N-dealkylation sites (N-methyl/N-ethyl adjacent to an activating group) is 1. The number of halogens is 1. The summed E-state index contributed by atoms with van der Waals surface area (Å²) in [5.41, 5.74) is 0. The molecule has 0 spiro atoms. The predicted octanol–water partition coefficient (Wildman–Crippen LogP) is 0.458. The predicted molar refractivity (Wildman–Crippen MR) is 49.5 cm³/mol. The van der Waals surface area contributed by atoms with Crippen LogP contribution in [0.2, 0.25) is 0 Å². The lowest BCUT2D eigenvalue weighted by molar-refractivity contribution is -0.131. The lowest BCUT2D eigenvalue weighted by Crippen LogP contribution is -2.32. The number of methoxy groups -OCH3 is 1. The van der Waals surface area contributed by atoms with Crippen LogP contribution in [0, 0.1) is 0 Å². The van der Waals surface area contributed by atoms with Gasteiger partial charge in [-0.3, -0.25) is 4.79 Å². The summed E-state index contributed by atoms with van der Waals surface area (Å²) < 4.78 is 9.45. The Bertz CT molecular complexity index is 120. The minimum Gasteiger partial charge on any atom is -0.383 e. The second-order valence-corrected chi connectivity index (χ2v) is 2.68. The number of hydrogen-bond donors (Lipinski definition) is 0. The van der Waals surface area contributed by atoms with E-state index in [0.717, 1.165) is 0 Å². The summed E-state index contributed by atoms with van der Waals surface area (Å²) in [4.78, 5) is 12.6. The van der Waals surface area contributed by atoms with E-state index in [1.807, 2.05) is 0 Å². The van der Waals surface area contributed by atoms with Crippen LogP contribution in [0.4, 0.5) is 0 Å². The van der Waals surface area contributed by atoms with E-state index in [1.54, 1.807) is 42.1 Å². The van der Waals surface area contributed by atoms with Crippen molar-refractivity contribution < 1.29 is 12.6 Å². The first-order valence-corrected chi connectivity index (χ1v) is 4.07. The van der Waals surface area contributed by atoms with Crippen molar-refractivity contribution in [1.82, 2.24) is 4.90 Å². The number of amides is 1. The van der Waals surface area contributed by atoms with Gasteiger partial charge in [-0.05, 0) is 0 Å². The monoisotopic (exact) mass is 273 g/mol. The molecule has 0 aliphatic rings. The highest BCUT2D eigenvalue weighted by Gasteiger charge is 2.06. The lowest BCUT2D eigenvalue weighted by Gasteiger charge is -2.14. The Morgan fingerprint density at radius 2 is 2.27 bits per heavy atom. The number of carbonyl (C=O) groups is 1. The van der Waals surface area contributed by atoms with Gasteiger partial charge in [0.05, 0.1) is 6.61 Å². The minimum absolute atomic E-state index is 0.0311. The second kappa shape index (κ2) is 6.81. The molecule has 0 saturated heterocycles. The largest absolute Gasteiger partial charge is 0.383 e. The molecule has 0 fully saturated rings. The van der Waals surface area contributed by atoms with E-state index in [2.05, 4.69) is 3.07 Å². The van der Waals surface area contributed by atoms with Crippen LogP contribution in [0.25, 0.3) is 0 Å². The van der Waals surface area contributed by atoms with E-state index in [4.69, 9.17) is 4.74 Å². The van der Waals surface area contributed by atoms with Gasteiger partial charge >= 0.3 is 0 Å². The topological polar surface area (TPSA) is 38.8 Å². The van der Waals surface area contributed by atoms with Crippen molar-refractivity contribution in [2.24, 2.45) is 0 Å². The normalized spacial score (nSPS) is 9.73. The van der Waals surface area contributed by atoms with Crippen LogP contribution in [0.1, 0.15) is 0 Å². The molecule has 0 bridgehead atoms. The van der Waals surface area contributed by atoms with E-state index in [-0.39, 0.29) is 12.5 Å². The fraction of sp³-hybridized carbons (Fsp3) is 0.833. The second-order valence-electron chi connectivity index (χ2n) is 2.06. The van der Waals surface area contributed by atoms with Crippen molar-refractivity contribution in [3.05, 3.63) is 0 Å². The van der Waals surface area contributed by atoms with Crippen LogP contribution in [0.5, 0.6) is 0 Å². The van der Waals surface area contributed by atoms with Gasteiger partial charge in [0, 0.05) is 20.7 Å². The molecule has 0 aliphatic heterocycles. The zero-order valence-electron chi connectivity index (χ0n) is 6.67. The van der Waals surface area contributed by atoms with E-state index in [9.17, 15) is 4.79 Å². The first-order chi connectivity index (χ1) is 5.22. The maximum absolute atomic E-state index is 11.0. The number of rotatable bonds is 5. The molecule has 0 aromatic carbocycles. The molecular weight excluding hydrogens is 261 g/mol. The molecule has 0 rings (SSSR count). The van der Waals surface area contributed by atoms with Crippen molar-refractivity contribution in [1.29, 1.82) is 0 Å². The quantitative estimate of drug-likeness (QED) is 0.683. The third-order valence-corrected chi connectivity index (χ3v) is 1.55. The smallest absolute Gasteiger partial charge is 0.249 e. The SMILES string of the molecule is COCCN(C)C(=O)COI. The van der Waals surface area contributed by atoms with E-state index in [1.165, 1.54) is 0 Å². The lowest BCUT2D eigenvalue weighted by atomic mass is 10.5. The molecule has 0 aromatic heterocycles. The molecule has 11 heavy (non-hydrogen) atoms. The molecule has 66 valence electrons.